The molecule has 0 aliphatic heterocycles. The largest absolute Gasteiger partial charge is 0.484 e. The van der Waals surface area contributed by atoms with Gasteiger partial charge in [-0.3, -0.25) is 9.59 Å². The van der Waals surface area contributed by atoms with E-state index in [1.165, 1.54) is 29.2 Å². The van der Waals surface area contributed by atoms with Crippen LogP contribution in [-0.2, 0) is 16.1 Å². The number of carbonyl (C=O) groups is 2. The Kier molecular flexibility index (Phi) is 7.61. The van der Waals surface area contributed by atoms with Crippen LogP contribution in [0.2, 0.25) is 5.02 Å². The van der Waals surface area contributed by atoms with Crippen LogP contribution in [0.3, 0.4) is 0 Å². The van der Waals surface area contributed by atoms with Crippen molar-refractivity contribution >= 4 is 23.4 Å². The number of hydrogen-bond acceptors (Lipinski definition) is 3. The maximum absolute atomic E-state index is 13.0. The van der Waals surface area contributed by atoms with Crippen molar-refractivity contribution in [3.8, 4) is 5.75 Å². The van der Waals surface area contributed by atoms with Gasteiger partial charge in [0.15, 0.2) is 6.61 Å². The molecular formula is C20H22ClFN2O3. The van der Waals surface area contributed by atoms with E-state index < -0.39 is 6.04 Å². The Morgan fingerprint density at radius 1 is 1.19 bits per heavy atom. The van der Waals surface area contributed by atoms with Gasteiger partial charge in [0.1, 0.15) is 17.6 Å². The van der Waals surface area contributed by atoms with E-state index in [0.717, 1.165) is 5.56 Å². The standard InChI is InChI=1S/C20H22ClFN2O3/c1-3-23-20(26)14(2)24(12-15-6-4-5-7-18(15)21)19(25)13-27-17-10-8-16(22)9-11-17/h4-11,14H,3,12-13H2,1-2H3,(H,23,26). The monoisotopic (exact) mass is 392 g/mol. The maximum Gasteiger partial charge on any atom is 0.261 e. The molecule has 2 aromatic carbocycles. The summed E-state index contributed by atoms with van der Waals surface area (Å²) in [5.74, 6) is -0.662. The Morgan fingerprint density at radius 3 is 2.48 bits per heavy atom. The van der Waals surface area contributed by atoms with Crippen molar-refractivity contribution in [2.75, 3.05) is 13.2 Å². The average Bonchev–Trinajstić information content (AvgIpc) is 2.66. The number of rotatable bonds is 8. The number of benzene rings is 2. The maximum atomic E-state index is 13.0. The summed E-state index contributed by atoms with van der Waals surface area (Å²) < 4.78 is 18.4. The number of nitrogens with zero attached hydrogens (tertiary/aromatic N) is 1. The van der Waals surface area contributed by atoms with Gasteiger partial charge < -0.3 is 15.0 Å². The van der Waals surface area contributed by atoms with Crippen LogP contribution < -0.4 is 10.1 Å². The summed E-state index contributed by atoms with van der Waals surface area (Å²) in [5, 5.41) is 3.22. The summed E-state index contributed by atoms with van der Waals surface area (Å²) in [5.41, 5.74) is 0.727. The predicted octanol–water partition coefficient (Wildman–Crippen LogP) is 3.41. The molecule has 0 aliphatic carbocycles. The Labute approximate surface area is 163 Å². The first kappa shape index (κ1) is 20.7. The first-order valence-electron chi connectivity index (χ1n) is 8.61. The summed E-state index contributed by atoms with van der Waals surface area (Å²) in [4.78, 5) is 26.4. The molecule has 1 unspecified atom stereocenters. The van der Waals surface area contributed by atoms with E-state index in [-0.39, 0.29) is 30.8 Å². The fourth-order valence-electron chi connectivity index (χ4n) is 2.47. The van der Waals surface area contributed by atoms with E-state index in [4.69, 9.17) is 16.3 Å². The number of halogens is 2. The molecule has 0 spiro atoms. The van der Waals surface area contributed by atoms with Crippen LogP contribution in [0.5, 0.6) is 5.75 Å². The molecule has 0 saturated carbocycles. The lowest BCUT2D eigenvalue weighted by Gasteiger charge is -2.29. The minimum absolute atomic E-state index is 0.170. The number of carbonyl (C=O) groups excluding carboxylic acids is 2. The molecule has 7 heteroatoms. The van der Waals surface area contributed by atoms with Gasteiger partial charge in [-0.1, -0.05) is 29.8 Å². The lowest BCUT2D eigenvalue weighted by molar-refractivity contribution is -0.142. The van der Waals surface area contributed by atoms with E-state index in [0.29, 0.717) is 17.3 Å². The lowest BCUT2D eigenvalue weighted by atomic mass is 10.1. The molecule has 27 heavy (non-hydrogen) atoms. The highest BCUT2D eigenvalue weighted by Crippen LogP contribution is 2.19. The third-order valence-corrected chi connectivity index (χ3v) is 4.36. The van der Waals surface area contributed by atoms with Crippen molar-refractivity contribution in [2.45, 2.75) is 26.4 Å². The first-order chi connectivity index (χ1) is 12.9. The zero-order chi connectivity index (χ0) is 19.8. The van der Waals surface area contributed by atoms with Crippen LogP contribution >= 0.6 is 11.6 Å². The topological polar surface area (TPSA) is 58.6 Å². The molecule has 0 radical (unpaired) electrons. The van der Waals surface area contributed by atoms with Gasteiger partial charge in [0, 0.05) is 18.1 Å². The van der Waals surface area contributed by atoms with Crippen molar-refractivity contribution < 1.29 is 18.7 Å². The van der Waals surface area contributed by atoms with Crippen LogP contribution in [0.15, 0.2) is 48.5 Å². The average molecular weight is 393 g/mol. The van der Waals surface area contributed by atoms with Crippen LogP contribution in [0.1, 0.15) is 19.4 Å². The third-order valence-electron chi connectivity index (χ3n) is 3.99. The summed E-state index contributed by atoms with van der Waals surface area (Å²) >= 11 is 6.20. The van der Waals surface area contributed by atoms with Crippen molar-refractivity contribution in [1.82, 2.24) is 10.2 Å². The quantitative estimate of drug-likeness (QED) is 0.749. The first-order valence-corrected chi connectivity index (χ1v) is 8.99. The molecule has 0 heterocycles. The van der Waals surface area contributed by atoms with Crippen molar-refractivity contribution in [3.63, 3.8) is 0 Å². The Hall–Kier alpha value is -2.60. The highest BCUT2D eigenvalue weighted by Gasteiger charge is 2.26. The lowest BCUT2D eigenvalue weighted by Crippen LogP contribution is -2.49. The van der Waals surface area contributed by atoms with Crippen molar-refractivity contribution in [1.29, 1.82) is 0 Å². The molecule has 0 saturated heterocycles. The van der Waals surface area contributed by atoms with E-state index in [2.05, 4.69) is 5.32 Å². The minimum atomic E-state index is -0.703. The molecular weight excluding hydrogens is 371 g/mol. The van der Waals surface area contributed by atoms with Gasteiger partial charge in [0.05, 0.1) is 0 Å². The normalized spacial score (nSPS) is 11.6. The van der Waals surface area contributed by atoms with Crippen LogP contribution in [0.25, 0.3) is 0 Å². The van der Waals surface area contributed by atoms with Crippen LogP contribution in [-0.4, -0.2) is 35.9 Å². The fourth-order valence-corrected chi connectivity index (χ4v) is 2.67. The molecule has 1 atom stereocenters. The van der Waals surface area contributed by atoms with Gasteiger partial charge in [0.25, 0.3) is 5.91 Å². The number of nitrogens with one attached hydrogen (secondary N) is 1. The molecule has 0 aliphatic rings. The van der Waals surface area contributed by atoms with Gasteiger partial charge >= 0.3 is 0 Å². The van der Waals surface area contributed by atoms with Crippen molar-refractivity contribution in [3.05, 3.63) is 64.9 Å². The molecule has 0 fully saturated rings. The number of hydrogen-bond donors (Lipinski definition) is 1. The molecule has 0 aromatic heterocycles. The van der Waals surface area contributed by atoms with Gasteiger partial charge in [-0.15, -0.1) is 0 Å². The molecule has 1 N–H and O–H groups in total. The molecule has 2 rings (SSSR count). The van der Waals surface area contributed by atoms with Gasteiger partial charge in [0.2, 0.25) is 5.91 Å². The van der Waals surface area contributed by atoms with E-state index >= 15 is 0 Å². The van der Waals surface area contributed by atoms with Gasteiger partial charge in [-0.05, 0) is 49.7 Å². The molecule has 5 nitrogen and oxygen atoms in total. The second-order valence-electron chi connectivity index (χ2n) is 5.93. The molecule has 0 bridgehead atoms. The summed E-state index contributed by atoms with van der Waals surface area (Å²) in [6, 6.07) is 11.8. The van der Waals surface area contributed by atoms with Crippen LogP contribution in [0, 0.1) is 5.82 Å². The summed E-state index contributed by atoms with van der Waals surface area (Å²) in [6.07, 6.45) is 0. The predicted molar refractivity (Wildman–Crippen MR) is 102 cm³/mol. The minimum Gasteiger partial charge on any atom is -0.484 e. The molecule has 2 amide bonds. The zero-order valence-corrected chi connectivity index (χ0v) is 16.0. The Morgan fingerprint density at radius 2 is 1.85 bits per heavy atom. The highest BCUT2D eigenvalue weighted by atomic mass is 35.5. The molecule has 2 aromatic rings. The second-order valence-corrected chi connectivity index (χ2v) is 6.33. The fraction of sp³-hybridized carbons (Fsp3) is 0.300. The van der Waals surface area contributed by atoms with E-state index in [1.807, 2.05) is 13.0 Å². The number of likely N-dealkylation sites (N-methyl/N-ethyl adjacent to an activating group) is 1. The van der Waals surface area contributed by atoms with Gasteiger partial charge in [-0.2, -0.15) is 0 Å². The molecule has 144 valence electrons. The van der Waals surface area contributed by atoms with E-state index in [9.17, 15) is 14.0 Å². The van der Waals surface area contributed by atoms with Gasteiger partial charge in [-0.25, -0.2) is 4.39 Å². The Bertz CT molecular complexity index is 783. The second kappa shape index (κ2) is 9.92. The Balaban J connectivity index is 2.14. The summed E-state index contributed by atoms with van der Waals surface area (Å²) in [6.45, 7) is 3.81. The zero-order valence-electron chi connectivity index (χ0n) is 15.2. The number of ether oxygens (including phenoxy) is 1. The van der Waals surface area contributed by atoms with Crippen molar-refractivity contribution in [2.24, 2.45) is 0 Å². The van der Waals surface area contributed by atoms with Crippen LogP contribution in [0.4, 0.5) is 4.39 Å². The smallest absolute Gasteiger partial charge is 0.261 e. The highest BCUT2D eigenvalue weighted by molar-refractivity contribution is 6.31. The van der Waals surface area contributed by atoms with E-state index in [1.54, 1.807) is 25.1 Å². The third kappa shape index (κ3) is 5.96. The SMILES string of the molecule is CCNC(=O)C(C)N(Cc1ccccc1Cl)C(=O)COc1ccc(F)cc1. The summed E-state index contributed by atoms with van der Waals surface area (Å²) in [7, 11) is 0. The number of amides is 2.